The Labute approximate surface area is 377 Å². The van der Waals surface area contributed by atoms with Crippen molar-refractivity contribution >= 4 is 45.9 Å². The van der Waals surface area contributed by atoms with Gasteiger partial charge in [0.05, 0.1) is 0 Å². The maximum absolute atomic E-state index is 2.70. The number of rotatable bonds is 8. The van der Waals surface area contributed by atoms with E-state index in [1.54, 1.807) is 0 Å². The molecule has 0 saturated carbocycles. The van der Waals surface area contributed by atoms with Crippen molar-refractivity contribution in [2.75, 3.05) is 4.90 Å². The molecule has 10 aromatic carbocycles. The van der Waals surface area contributed by atoms with E-state index in [9.17, 15) is 0 Å². The Bertz CT molecular complexity index is 3240. The minimum atomic E-state index is -2.70. The van der Waals surface area contributed by atoms with Gasteiger partial charge in [-0.1, -0.05) is 212 Å². The summed E-state index contributed by atoms with van der Waals surface area (Å²) in [6.07, 6.45) is 0. The highest BCUT2D eigenvalue weighted by Crippen LogP contribution is 2.52. The molecule has 1 heterocycles. The van der Waals surface area contributed by atoms with Crippen molar-refractivity contribution < 1.29 is 0 Å². The Hall–Kier alpha value is -7.78. The van der Waals surface area contributed by atoms with Crippen LogP contribution in [0.3, 0.4) is 0 Å². The predicted molar refractivity (Wildman–Crippen MR) is 272 cm³/mol. The number of hydrogen-bond donors (Lipinski definition) is 0. The third kappa shape index (κ3) is 5.84. The monoisotopic (exact) mass is 831 g/mol. The van der Waals surface area contributed by atoms with Crippen LogP contribution in [0.4, 0.5) is 17.1 Å². The minimum absolute atomic E-state index is 0.252. The lowest BCUT2D eigenvalue weighted by atomic mass is 9.74. The van der Waals surface area contributed by atoms with Crippen molar-refractivity contribution in [3.8, 4) is 44.5 Å². The minimum Gasteiger partial charge on any atom is -0.311 e. The molecule has 0 spiro atoms. The van der Waals surface area contributed by atoms with Crippen molar-refractivity contribution in [1.82, 2.24) is 0 Å². The van der Waals surface area contributed by atoms with E-state index in [4.69, 9.17) is 0 Å². The zero-order valence-electron chi connectivity index (χ0n) is 35.7. The molecule has 0 fully saturated rings. The molecule has 0 saturated heterocycles. The molecule has 0 amide bonds. The highest BCUT2D eigenvalue weighted by atomic mass is 28.3. The van der Waals surface area contributed by atoms with Crippen molar-refractivity contribution in [3.05, 3.63) is 271 Å². The van der Waals surface area contributed by atoms with Gasteiger partial charge in [-0.15, -0.1) is 0 Å². The van der Waals surface area contributed by atoms with Crippen molar-refractivity contribution in [1.29, 1.82) is 0 Å². The number of anilines is 3. The Morgan fingerprint density at radius 2 is 0.750 bits per heavy atom. The zero-order valence-corrected chi connectivity index (χ0v) is 36.7. The average Bonchev–Trinajstić information content (AvgIpc) is 3.83. The van der Waals surface area contributed by atoms with Crippen LogP contribution in [-0.2, 0) is 5.41 Å². The van der Waals surface area contributed by atoms with Crippen LogP contribution >= 0.6 is 0 Å². The van der Waals surface area contributed by atoms with Gasteiger partial charge < -0.3 is 4.90 Å². The Balaban J connectivity index is 0.988. The lowest BCUT2D eigenvalue weighted by Gasteiger charge is -2.33. The van der Waals surface area contributed by atoms with Crippen molar-refractivity contribution in [2.24, 2.45) is 0 Å². The van der Waals surface area contributed by atoms with Gasteiger partial charge in [0, 0.05) is 22.5 Å². The fraction of sp³-hybridized carbons (Fsp3) is 0.0323. The summed E-state index contributed by atoms with van der Waals surface area (Å²) in [5.74, 6) is 0. The van der Waals surface area contributed by atoms with Gasteiger partial charge in [0.25, 0.3) is 0 Å². The van der Waals surface area contributed by atoms with E-state index in [2.05, 4.69) is 267 Å². The van der Waals surface area contributed by atoms with Gasteiger partial charge in [-0.3, -0.25) is 0 Å². The summed E-state index contributed by atoms with van der Waals surface area (Å²) in [5, 5.41) is 5.66. The summed E-state index contributed by atoms with van der Waals surface area (Å²) in [4.78, 5) is 2.44. The molecule has 0 N–H and O–H groups in total. The van der Waals surface area contributed by atoms with E-state index in [1.807, 2.05) is 0 Å². The second-order valence-corrected chi connectivity index (χ2v) is 21.1. The predicted octanol–water partition coefficient (Wildman–Crippen LogP) is 13.2. The first kappa shape index (κ1) is 37.9. The van der Waals surface area contributed by atoms with Crippen LogP contribution in [0.15, 0.2) is 255 Å². The fourth-order valence-corrected chi connectivity index (χ4v) is 16.3. The van der Waals surface area contributed by atoms with E-state index >= 15 is 0 Å². The molecule has 2 heteroatoms. The van der Waals surface area contributed by atoms with E-state index < -0.39 is 8.07 Å². The van der Waals surface area contributed by atoms with Gasteiger partial charge in [0.2, 0.25) is 0 Å². The second-order valence-electron chi connectivity index (χ2n) is 17.3. The fourth-order valence-electron chi connectivity index (χ4n) is 11.0. The summed E-state index contributed by atoms with van der Waals surface area (Å²) >= 11 is 0. The van der Waals surface area contributed by atoms with E-state index in [0.717, 1.165) is 17.1 Å². The molecule has 0 aromatic heterocycles. The van der Waals surface area contributed by atoms with E-state index in [-0.39, 0.29) is 5.41 Å². The molecule has 1 aliphatic carbocycles. The zero-order chi connectivity index (χ0) is 42.7. The standard InChI is InChI=1S/C62H45NSi/c1-62(58-30-12-8-26-54(58)55-27-9-13-31-59(55)62)48-21-16-20-47(42-48)46-36-40-50(41-37-46)63(49-38-34-45(35-39-49)44-18-4-2-5-19-44)51-22-17-25-53(43-51)64(52-23-6-3-7-24-52)60-32-14-10-28-56(60)57-29-11-15-33-61(57)64/h2-43H,1H3. The van der Waals surface area contributed by atoms with Gasteiger partial charge in [-0.25, -0.2) is 0 Å². The lowest BCUT2D eigenvalue weighted by molar-refractivity contribution is 0.714. The van der Waals surface area contributed by atoms with Crippen LogP contribution < -0.4 is 25.6 Å². The molecule has 0 bridgehead atoms. The molecule has 0 atom stereocenters. The maximum atomic E-state index is 2.48. The number of fused-ring (bicyclic) bond motifs is 6. The largest absolute Gasteiger partial charge is 0.311 e. The van der Waals surface area contributed by atoms with Crippen LogP contribution in [0, 0.1) is 0 Å². The van der Waals surface area contributed by atoms with Crippen LogP contribution in [0.1, 0.15) is 23.6 Å². The van der Waals surface area contributed by atoms with E-state index in [0.29, 0.717) is 0 Å². The van der Waals surface area contributed by atoms with Gasteiger partial charge >= 0.3 is 0 Å². The van der Waals surface area contributed by atoms with Crippen LogP contribution in [0.5, 0.6) is 0 Å². The first-order valence-electron chi connectivity index (χ1n) is 22.3. The SMILES string of the molecule is CC1(c2cccc(-c3ccc(N(c4ccc(-c5ccccc5)cc4)c4cccc([Si]5(c6ccccc6)c6ccccc6-c6ccccc65)c4)cc3)c2)c2ccccc2-c2ccccc21. The lowest BCUT2D eigenvalue weighted by Crippen LogP contribution is -2.72. The summed E-state index contributed by atoms with van der Waals surface area (Å²) in [6, 6.07) is 94.9. The Morgan fingerprint density at radius 3 is 1.34 bits per heavy atom. The third-order valence-corrected chi connectivity index (χ3v) is 18.9. The highest BCUT2D eigenvalue weighted by Gasteiger charge is 2.48. The second kappa shape index (κ2) is 15.2. The van der Waals surface area contributed by atoms with E-state index in [1.165, 1.54) is 81.9 Å². The number of nitrogens with zero attached hydrogens (tertiary/aromatic N) is 1. The molecule has 2 aliphatic rings. The third-order valence-electron chi connectivity index (χ3n) is 14.0. The maximum Gasteiger partial charge on any atom is 0.180 e. The first-order chi connectivity index (χ1) is 31.6. The van der Waals surface area contributed by atoms with Gasteiger partial charge in [-0.2, -0.15) is 0 Å². The average molecular weight is 832 g/mol. The molecule has 12 rings (SSSR count). The van der Waals surface area contributed by atoms with Gasteiger partial charge in [0.15, 0.2) is 8.07 Å². The van der Waals surface area contributed by atoms with Crippen molar-refractivity contribution in [3.63, 3.8) is 0 Å². The van der Waals surface area contributed by atoms with Crippen LogP contribution in [0.2, 0.25) is 0 Å². The summed E-state index contributed by atoms with van der Waals surface area (Å²) in [7, 11) is -2.70. The van der Waals surface area contributed by atoms with Crippen LogP contribution in [0.25, 0.3) is 44.5 Å². The highest BCUT2D eigenvalue weighted by molar-refractivity contribution is 7.22. The summed E-state index contributed by atoms with van der Waals surface area (Å²) in [6.45, 7) is 2.39. The molecule has 1 nitrogen and oxygen atoms in total. The van der Waals surface area contributed by atoms with Crippen LogP contribution in [-0.4, -0.2) is 8.07 Å². The van der Waals surface area contributed by atoms with Gasteiger partial charge in [0.1, 0.15) is 0 Å². The topological polar surface area (TPSA) is 3.24 Å². The normalized spacial score (nSPS) is 13.6. The molecule has 1 aliphatic heterocycles. The molecule has 64 heavy (non-hydrogen) atoms. The molecule has 302 valence electrons. The molecular weight excluding hydrogens is 787 g/mol. The quantitative estimate of drug-likeness (QED) is 0.138. The molecule has 0 unspecified atom stereocenters. The summed E-state index contributed by atoms with van der Waals surface area (Å²) in [5.41, 5.74) is 17.3. The number of benzene rings is 10. The first-order valence-corrected chi connectivity index (χ1v) is 24.3. The Kier molecular flexibility index (Phi) is 9.03. The van der Waals surface area contributed by atoms with Crippen molar-refractivity contribution in [2.45, 2.75) is 12.3 Å². The molecule has 0 radical (unpaired) electrons. The molecule has 10 aromatic rings. The number of hydrogen-bond acceptors (Lipinski definition) is 1. The smallest absolute Gasteiger partial charge is 0.180 e. The summed E-state index contributed by atoms with van der Waals surface area (Å²) < 4.78 is 0. The Morgan fingerprint density at radius 1 is 0.312 bits per heavy atom. The van der Waals surface area contributed by atoms with Gasteiger partial charge in [-0.05, 0) is 131 Å². The molecular formula is C62H45NSi.